The molecule has 0 aromatic carbocycles. The lowest BCUT2D eigenvalue weighted by atomic mass is 10.1. The average Bonchev–Trinajstić information content (AvgIpc) is 2.11. The summed E-state index contributed by atoms with van der Waals surface area (Å²) in [4.78, 5) is 11.3. The predicted molar refractivity (Wildman–Crippen MR) is 64.9 cm³/mol. The van der Waals surface area contributed by atoms with E-state index in [0.717, 1.165) is 19.3 Å². The maximum atomic E-state index is 11.5. The lowest BCUT2D eigenvalue weighted by molar-refractivity contribution is -0.114. The van der Waals surface area contributed by atoms with Gasteiger partial charge in [0.1, 0.15) is 4.49 Å². The number of hydrogen-bond donors (Lipinski definition) is 0. The van der Waals surface area contributed by atoms with Gasteiger partial charge in [0.25, 0.3) is 0 Å². The largest absolute Gasteiger partial charge is 0.292 e. The zero-order valence-electron chi connectivity index (χ0n) is 7.12. The molecule has 0 aliphatic heterocycles. The Hall–Kier alpha value is 0.950. The standard InChI is InChI=1S/C8H10Br2Cl2O/c1-2-3-4-5(9)7(13)6(10)8(11)12/h5H,2-4H2,1H3. The molecule has 1 atom stereocenters. The zero-order chi connectivity index (χ0) is 10.4. The monoisotopic (exact) mass is 350 g/mol. The van der Waals surface area contributed by atoms with Gasteiger partial charge in [0.05, 0.1) is 9.31 Å². The average molecular weight is 353 g/mol. The van der Waals surface area contributed by atoms with Gasteiger partial charge in [-0.2, -0.15) is 0 Å². The summed E-state index contributed by atoms with van der Waals surface area (Å²) < 4.78 is 0.222. The number of alkyl halides is 1. The number of carbonyl (C=O) groups excluding carboxylic acids is 1. The Balaban J connectivity index is 4.19. The topological polar surface area (TPSA) is 17.1 Å². The van der Waals surface area contributed by atoms with Gasteiger partial charge < -0.3 is 0 Å². The molecule has 0 saturated carbocycles. The second kappa shape index (κ2) is 7.27. The predicted octanol–water partition coefficient (Wildman–Crippen LogP) is 4.55. The fourth-order valence-corrected chi connectivity index (χ4v) is 2.07. The number of halogens is 4. The van der Waals surface area contributed by atoms with E-state index in [-0.39, 0.29) is 19.6 Å². The maximum Gasteiger partial charge on any atom is 0.185 e. The number of hydrogen-bond acceptors (Lipinski definition) is 1. The summed E-state index contributed by atoms with van der Waals surface area (Å²) in [5, 5.41) is 0. The highest BCUT2D eigenvalue weighted by molar-refractivity contribution is 9.12. The minimum Gasteiger partial charge on any atom is -0.292 e. The summed E-state index contributed by atoms with van der Waals surface area (Å²) >= 11 is 17.2. The van der Waals surface area contributed by atoms with E-state index in [1.807, 2.05) is 0 Å². The molecule has 0 aromatic rings. The molecule has 0 heterocycles. The molecule has 1 unspecified atom stereocenters. The van der Waals surface area contributed by atoms with Crippen LogP contribution in [0.15, 0.2) is 8.97 Å². The minimum absolute atomic E-state index is 0.0223. The highest BCUT2D eigenvalue weighted by Crippen LogP contribution is 2.25. The Morgan fingerprint density at radius 1 is 1.46 bits per heavy atom. The number of unbranched alkanes of at least 4 members (excludes halogenated alkanes) is 1. The van der Waals surface area contributed by atoms with Crippen molar-refractivity contribution in [1.29, 1.82) is 0 Å². The van der Waals surface area contributed by atoms with Crippen LogP contribution in [0.25, 0.3) is 0 Å². The Kier molecular flexibility index (Phi) is 7.80. The first-order valence-electron chi connectivity index (χ1n) is 3.89. The van der Waals surface area contributed by atoms with E-state index >= 15 is 0 Å². The first-order valence-corrected chi connectivity index (χ1v) is 6.36. The van der Waals surface area contributed by atoms with Crippen LogP contribution in [0.3, 0.4) is 0 Å². The number of ketones is 1. The Morgan fingerprint density at radius 2 is 2.00 bits per heavy atom. The van der Waals surface area contributed by atoms with E-state index in [4.69, 9.17) is 23.2 Å². The van der Waals surface area contributed by atoms with Crippen molar-refractivity contribution in [3.63, 3.8) is 0 Å². The first kappa shape index (κ1) is 13.9. The van der Waals surface area contributed by atoms with E-state index < -0.39 is 0 Å². The van der Waals surface area contributed by atoms with Crippen LogP contribution in [0.5, 0.6) is 0 Å². The van der Waals surface area contributed by atoms with Crippen LogP contribution in [0.1, 0.15) is 26.2 Å². The molecular formula is C8H10Br2Cl2O. The van der Waals surface area contributed by atoms with Gasteiger partial charge >= 0.3 is 0 Å². The van der Waals surface area contributed by atoms with Crippen molar-refractivity contribution < 1.29 is 4.79 Å². The summed E-state index contributed by atoms with van der Waals surface area (Å²) in [5.74, 6) is -0.103. The fraction of sp³-hybridized carbons (Fsp3) is 0.625. The molecular weight excluding hydrogens is 343 g/mol. The lowest BCUT2D eigenvalue weighted by Crippen LogP contribution is -2.13. The van der Waals surface area contributed by atoms with Crippen molar-refractivity contribution in [3.8, 4) is 0 Å². The van der Waals surface area contributed by atoms with Crippen molar-refractivity contribution in [2.45, 2.75) is 31.0 Å². The second-order valence-corrected chi connectivity index (χ2v) is 5.40. The van der Waals surface area contributed by atoms with Crippen molar-refractivity contribution in [2.24, 2.45) is 0 Å². The molecule has 0 bridgehead atoms. The van der Waals surface area contributed by atoms with E-state index in [9.17, 15) is 4.79 Å². The zero-order valence-corrected chi connectivity index (χ0v) is 11.8. The van der Waals surface area contributed by atoms with E-state index in [2.05, 4.69) is 38.8 Å². The van der Waals surface area contributed by atoms with Crippen LogP contribution in [0.4, 0.5) is 0 Å². The molecule has 1 nitrogen and oxygen atoms in total. The third-order valence-corrected chi connectivity index (χ3v) is 3.97. The molecule has 0 rings (SSSR count). The fourth-order valence-electron chi connectivity index (χ4n) is 0.745. The van der Waals surface area contributed by atoms with Crippen LogP contribution < -0.4 is 0 Å². The first-order chi connectivity index (χ1) is 6.00. The smallest absolute Gasteiger partial charge is 0.185 e. The summed E-state index contributed by atoms with van der Waals surface area (Å²) in [6.45, 7) is 2.07. The minimum atomic E-state index is -0.200. The molecule has 0 saturated heterocycles. The molecule has 0 aliphatic rings. The number of Topliss-reactive ketones (excluding diaryl/α,β-unsaturated/α-hetero) is 1. The van der Waals surface area contributed by atoms with Gasteiger partial charge in [-0.1, -0.05) is 58.9 Å². The summed E-state index contributed by atoms with van der Waals surface area (Å²) in [6, 6.07) is 0. The third kappa shape index (κ3) is 5.40. The third-order valence-electron chi connectivity index (χ3n) is 1.48. The van der Waals surface area contributed by atoms with Gasteiger partial charge in [-0.05, 0) is 22.4 Å². The lowest BCUT2D eigenvalue weighted by Gasteiger charge is -2.06. The molecule has 76 valence electrons. The molecule has 5 heteroatoms. The van der Waals surface area contributed by atoms with Crippen LogP contribution in [-0.4, -0.2) is 10.6 Å². The van der Waals surface area contributed by atoms with Crippen LogP contribution in [-0.2, 0) is 4.79 Å². The molecule has 0 radical (unpaired) electrons. The number of allylic oxidation sites excluding steroid dienone is 1. The van der Waals surface area contributed by atoms with Crippen molar-refractivity contribution in [3.05, 3.63) is 8.97 Å². The van der Waals surface area contributed by atoms with E-state index in [0.29, 0.717) is 0 Å². The van der Waals surface area contributed by atoms with Gasteiger partial charge in [-0.3, -0.25) is 4.79 Å². The molecule has 13 heavy (non-hydrogen) atoms. The van der Waals surface area contributed by atoms with Gasteiger partial charge in [0, 0.05) is 0 Å². The highest BCUT2D eigenvalue weighted by atomic mass is 79.9. The maximum absolute atomic E-state index is 11.5. The Morgan fingerprint density at radius 3 is 2.38 bits per heavy atom. The molecule has 0 fully saturated rings. The Labute approximate surface area is 105 Å². The van der Waals surface area contributed by atoms with Crippen LogP contribution in [0, 0.1) is 0 Å². The molecule has 0 aliphatic carbocycles. The summed E-state index contributed by atoms with van der Waals surface area (Å²) in [6.07, 6.45) is 2.86. The summed E-state index contributed by atoms with van der Waals surface area (Å²) in [7, 11) is 0. The normalized spacial score (nSPS) is 12.4. The van der Waals surface area contributed by atoms with Crippen molar-refractivity contribution >= 4 is 60.8 Å². The number of carbonyl (C=O) groups is 1. The van der Waals surface area contributed by atoms with Crippen molar-refractivity contribution in [2.75, 3.05) is 0 Å². The molecule has 0 spiro atoms. The van der Waals surface area contributed by atoms with Gasteiger partial charge in [-0.25, -0.2) is 0 Å². The quantitative estimate of drug-likeness (QED) is 0.524. The van der Waals surface area contributed by atoms with E-state index in [1.165, 1.54) is 0 Å². The summed E-state index contributed by atoms with van der Waals surface area (Å²) in [5.41, 5.74) is 0. The van der Waals surface area contributed by atoms with Gasteiger partial charge in [-0.15, -0.1) is 0 Å². The van der Waals surface area contributed by atoms with Gasteiger partial charge in [0.15, 0.2) is 5.78 Å². The van der Waals surface area contributed by atoms with Crippen LogP contribution >= 0.6 is 55.1 Å². The molecule has 0 amide bonds. The second-order valence-electron chi connectivity index (χ2n) is 2.55. The Bertz CT molecular complexity index is 212. The van der Waals surface area contributed by atoms with Crippen molar-refractivity contribution in [1.82, 2.24) is 0 Å². The molecule has 0 N–H and O–H groups in total. The molecule has 0 aromatic heterocycles. The highest BCUT2D eigenvalue weighted by Gasteiger charge is 2.19. The SMILES string of the molecule is CCCCC(Br)C(=O)C(Br)=C(Cl)Cl. The van der Waals surface area contributed by atoms with E-state index in [1.54, 1.807) is 0 Å². The number of rotatable bonds is 5. The van der Waals surface area contributed by atoms with Crippen LogP contribution in [0.2, 0.25) is 0 Å². The van der Waals surface area contributed by atoms with Gasteiger partial charge in [0.2, 0.25) is 0 Å².